The number of nitrogens with one attached hydrogen (secondary N) is 1. The van der Waals surface area contributed by atoms with E-state index in [-0.39, 0.29) is 12.5 Å². The quantitative estimate of drug-likeness (QED) is 0.730. The lowest BCUT2D eigenvalue weighted by Gasteiger charge is -2.17. The molecule has 4 rings (SSSR count). The molecule has 2 aromatic carbocycles. The van der Waals surface area contributed by atoms with Gasteiger partial charge in [0.05, 0.1) is 0 Å². The van der Waals surface area contributed by atoms with E-state index < -0.39 is 0 Å². The lowest BCUT2D eigenvalue weighted by Crippen LogP contribution is -2.28. The Kier molecular flexibility index (Phi) is 5.19. The van der Waals surface area contributed by atoms with Crippen molar-refractivity contribution in [3.63, 3.8) is 0 Å². The third kappa shape index (κ3) is 4.37. The van der Waals surface area contributed by atoms with Crippen LogP contribution >= 0.6 is 0 Å². The number of benzene rings is 2. The maximum Gasteiger partial charge on any atom is 0.258 e. The summed E-state index contributed by atoms with van der Waals surface area (Å²) in [7, 11) is 0. The zero-order valence-electron chi connectivity index (χ0n) is 15.2. The predicted molar refractivity (Wildman–Crippen MR) is 107 cm³/mol. The van der Waals surface area contributed by atoms with Crippen molar-refractivity contribution in [3.8, 4) is 5.75 Å². The highest BCUT2D eigenvalue weighted by molar-refractivity contribution is 5.84. The fourth-order valence-electron chi connectivity index (χ4n) is 3.35. The number of nitrogens with zero attached hydrogens (tertiary/aromatic N) is 2. The molecule has 1 N–H and O–H groups in total. The minimum Gasteiger partial charge on any atom is -0.484 e. The van der Waals surface area contributed by atoms with E-state index in [0.717, 1.165) is 35.2 Å². The van der Waals surface area contributed by atoms with Gasteiger partial charge in [0.15, 0.2) is 6.61 Å². The molecule has 3 aromatic rings. The Bertz CT molecular complexity index is 935. The number of fused-ring (bicyclic) bond motifs is 1. The molecule has 5 nitrogen and oxygen atoms in total. The number of ether oxygens (including phenoxy) is 1. The number of carbonyl (C=O) groups is 1. The molecule has 1 amide bonds. The van der Waals surface area contributed by atoms with E-state index in [9.17, 15) is 4.79 Å². The summed E-state index contributed by atoms with van der Waals surface area (Å²) in [6, 6.07) is 17.9. The van der Waals surface area contributed by atoms with Crippen LogP contribution in [-0.4, -0.2) is 30.6 Å². The maximum absolute atomic E-state index is 12.1. The Morgan fingerprint density at radius 2 is 1.85 bits per heavy atom. The molecule has 5 heteroatoms. The third-order valence-electron chi connectivity index (χ3n) is 4.82. The second-order valence-corrected chi connectivity index (χ2v) is 6.79. The van der Waals surface area contributed by atoms with Gasteiger partial charge in [0.25, 0.3) is 5.91 Å². The number of carbonyl (C=O) groups excluding carboxylic acids is 1. The summed E-state index contributed by atoms with van der Waals surface area (Å²) in [6.07, 6.45) is 4.24. The van der Waals surface area contributed by atoms with Gasteiger partial charge in [0.2, 0.25) is 0 Å². The van der Waals surface area contributed by atoms with Crippen molar-refractivity contribution < 1.29 is 9.53 Å². The van der Waals surface area contributed by atoms with E-state index in [0.29, 0.717) is 12.3 Å². The highest BCUT2D eigenvalue weighted by Gasteiger charge is 2.13. The first-order chi connectivity index (χ1) is 13.3. The van der Waals surface area contributed by atoms with Gasteiger partial charge >= 0.3 is 0 Å². The highest BCUT2D eigenvalue weighted by atomic mass is 16.5. The van der Waals surface area contributed by atoms with Crippen molar-refractivity contribution >= 4 is 22.5 Å². The van der Waals surface area contributed by atoms with E-state index in [1.807, 2.05) is 42.5 Å². The molecule has 0 aliphatic carbocycles. The Morgan fingerprint density at radius 1 is 1.04 bits per heavy atom. The zero-order valence-corrected chi connectivity index (χ0v) is 15.2. The molecule has 0 unspecified atom stereocenters. The largest absolute Gasteiger partial charge is 0.484 e. The van der Waals surface area contributed by atoms with Crippen LogP contribution in [0.3, 0.4) is 0 Å². The van der Waals surface area contributed by atoms with Crippen molar-refractivity contribution in [2.45, 2.75) is 19.4 Å². The van der Waals surface area contributed by atoms with Gasteiger partial charge < -0.3 is 15.0 Å². The van der Waals surface area contributed by atoms with Gasteiger partial charge in [-0.1, -0.05) is 30.3 Å². The maximum atomic E-state index is 12.1. The van der Waals surface area contributed by atoms with Crippen LogP contribution in [0.15, 0.2) is 60.8 Å². The Labute approximate surface area is 159 Å². The fourth-order valence-corrected chi connectivity index (χ4v) is 3.35. The van der Waals surface area contributed by atoms with E-state index in [1.54, 1.807) is 6.20 Å². The summed E-state index contributed by atoms with van der Waals surface area (Å²) in [5.74, 6) is 1.55. The van der Waals surface area contributed by atoms with E-state index in [2.05, 4.69) is 27.3 Å². The van der Waals surface area contributed by atoms with Crippen molar-refractivity contribution in [2.75, 3.05) is 24.6 Å². The SMILES string of the molecule is O=C(COc1ccc2ccccc2c1)NCc1ccnc(N2CCCC2)c1. The first-order valence-corrected chi connectivity index (χ1v) is 9.36. The van der Waals surface area contributed by atoms with Crippen LogP contribution in [0.5, 0.6) is 5.75 Å². The minimum atomic E-state index is -0.136. The van der Waals surface area contributed by atoms with Crippen molar-refractivity contribution in [1.29, 1.82) is 0 Å². The summed E-state index contributed by atoms with van der Waals surface area (Å²) < 4.78 is 5.64. The van der Waals surface area contributed by atoms with Crippen LogP contribution < -0.4 is 15.0 Å². The summed E-state index contributed by atoms with van der Waals surface area (Å²) in [6.45, 7) is 2.59. The molecule has 0 spiro atoms. The van der Waals surface area contributed by atoms with Crippen molar-refractivity contribution in [1.82, 2.24) is 10.3 Å². The number of anilines is 1. The lowest BCUT2D eigenvalue weighted by molar-refractivity contribution is -0.123. The highest BCUT2D eigenvalue weighted by Crippen LogP contribution is 2.20. The van der Waals surface area contributed by atoms with Gasteiger partial charge in [-0.2, -0.15) is 0 Å². The predicted octanol–water partition coefficient (Wildman–Crippen LogP) is 3.53. The summed E-state index contributed by atoms with van der Waals surface area (Å²) in [5, 5.41) is 5.17. The molecule has 2 heterocycles. The molecule has 27 heavy (non-hydrogen) atoms. The number of aromatic nitrogens is 1. The van der Waals surface area contributed by atoms with Crippen LogP contribution in [-0.2, 0) is 11.3 Å². The third-order valence-corrected chi connectivity index (χ3v) is 4.82. The van der Waals surface area contributed by atoms with Gasteiger partial charge in [-0.15, -0.1) is 0 Å². The smallest absolute Gasteiger partial charge is 0.258 e. The first kappa shape index (κ1) is 17.3. The summed E-state index contributed by atoms with van der Waals surface area (Å²) in [5.41, 5.74) is 1.05. The van der Waals surface area contributed by atoms with E-state index >= 15 is 0 Å². The van der Waals surface area contributed by atoms with Gasteiger partial charge in [-0.3, -0.25) is 4.79 Å². The number of pyridine rings is 1. The van der Waals surface area contributed by atoms with Crippen LogP contribution in [0, 0.1) is 0 Å². The van der Waals surface area contributed by atoms with Crippen molar-refractivity contribution in [3.05, 3.63) is 66.4 Å². The van der Waals surface area contributed by atoms with Gasteiger partial charge in [0.1, 0.15) is 11.6 Å². The monoisotopic (exact) mass is 361 g/mol. The molecule has 0 radical (unpaired) electrons. The molecule has 1 fully saturated rings. The Morgan fingerprint density at radius 3 is 2.70 bits per heavy atom. The molecular weight excluding hydrogens is 338 g/mol. The molecule has 0 saturated carbocycles. The summed E-state index contributed by atoms with van der Waals surface area (Å²) >= 11 is 0. The number of amides is 1. The van der Waals surface area contributed by atoms with Crippen LogP contribution in [0.4, 0.5) is 5.82 Å². The van der Waals surface area contributed by atoms with E-state index in [1.165, 1.54) is 12.8 Å². The molecule has 1 saturated heterocycles. The zero-order chi connectivity index (χ0) is 18.5. The van der Waals surface area contributed by atoms with Crippen LogP contribution in [0.25, 0.3) is 10.8 Å². The normalized spacial score (nSPS) is 13.7. The molecule has 138 valence electrons. The van der Waals surface area contributed by atoms with Gasteiger partial charge in [-0.25, -0.2) is 4.98 Å². The minimum absolute atomic E-state index is 0.00239. The van der Waals surface area contributed by atoms with Crippen LogP contribution in [0.2, 0.25) is 0 Å². The summed E-state index contributed by atoms with van der Waals surface area (Å²) in [4.78, 5) is 18.9. The molecular formula is C22H23N3O2. The molecule has 0 bridgehead atoms. The molecule has 1 aliphatic rings. The Hall–Kier alpha value is -3.08. The topological polar surface area (TPSA) is 54.5 Å². The average Bonchev–Trinajstić information content (AvgIpc) is 3.26. The second kappa shape index (κ2) is 8.08. The second-order valence-electron chi connectivity index (χ2n) is 6.79. The molecule has 0 atom stereocenters. The van der Waals surface area contributed by atoms with Crippen LogP contribution in [0.1, 0.15) is 18.4 Å². The molecule has 1 aliphatic heterocycles. The van der Waals surface area contributed by atoms with E-state index in [4.69, 9.17) is 4.74 Å². The van der Waals surface area contributed by atoms with Gasteiger partial charge in [0, 0.05) is 25.8 Å². The lowest BCUT2D eigenvalue weighted by atomic mass is 10.1. The first-order valence-electron chi connectivity index (χ1n) is 9.36. The molecule has 1 aromatic heterocycles. The van der Waals surface area contributed by atoms with Crippen molar-refractivity contribution in [2.24, 2.45) is 0 Å². The Balaban J connectivity index is 1.29. The number of rotatable bonds is 6. The number of hydrogen-bond donors (Lipinski definition) is 1. The van der Waals surface area contributed by atoms with Gasteiger partial charge in [-0.05, 0) is 53.4 Å². The standard InChI is InChI=1S/C22H23N3O2/c26-22(16-27-20-8-7-18-5-1-2-6-19(18)14-20)24-15-17-9-10-23-21(13-17)25-11-3-4-12-25/h1-2,5-10,13-14H,3-4,11-12,15-16H2,(H,24,26). The number of hydrogen-bond acceptors (Lipinski definition) is 4. The average molecular weight is 361 g/mol. The fraction of sp³-hybridized carbons (Fsp3) is 0.273.